The molecular formula is C16H23N3O. The molecule has 0 atom stereocenters. The van der Waals surface area contributed by atoms with Crippen molar-refractivity contribution in [1.29, 1.82) is 0 Å². The molecule has 108 valence electrons. The number of aromatic nitrogens is 2. The van der Waals surface area contributed by atoms with E-state index in [2.05, 4.69) is 22.5 Å². The predicted molar refractivity (Wildman–Crippen MR) is 80.5 cm³/mol. The number of nitrogens with zero attached hydrogens (tertiary/aromatic N) is 3. The van der Waals surface area contributed by atoms with Crippen molar-refractivity contribution in [2.75, 3.05) is 19.7 Å². The Morgan fingerprint density at radius 2 is 2.00 bits per heavy atom. The fraction of sp³-hybridized carbons (Fsp3) is 0.562. The molecule has 0 spiro atoms. The number of aliphatic hydroxyl groups excluding tert-OH is 1. The molecule has 1 fully saturated rings. The Balaban J connectivity index is 1.84. The quantitative estimate of drug-likeness (QED) is 0.929. The number of likely N-dealkylation sites (tertiary alicyclic amines) is 1. The fourth-order valence-electron chi connectivity index (χ4n) is 3.02. The summed E-state index contributed by atoms with van der Waals surface area (Å²) in [4.78, 5) is 7.24. The molecule has 0 unspecified atom stereocenters. The third-order valence-corrected chi connectivity index (χ3v) is 4.30. The summed E-state index contributed by atoms with van der Waals surface area (Å²) >= 11 is 0. The average Bonchev–Trinajstić information content (AvgIpc) is 2.80. The summed E-state index contributed by atoms with van der Waals surface area (Å²) in [5.41, 5.74) is 2.16. The van der Waals surface area contributed by atoms with Gasteiger partial charge in [0.25, 0.3) is 0 Å². The minimum atomic E-state index is 0.157. The van der Waals surface area contributed by atoms with Crippen LogP contribution >= 0.6 is 0 Å². The molecule has 3 rings (SSSR count). The van der Waals surface area contributed by atoms with Crippen LogP contribution in [0.5, 0.6) is 0 Å². The van der Waals surface area contributed by atoms with E-state index in [1.54, 1.807) is 0 Å². The van der Waals surface area contributed by atoms with Crippen molar-refractivity contribution in [3.05, 3.63) is 30.1 Å². The fourth-order valence-corrected chi connectivity index (χ4v) is 3.02. The molecule has 0 saturated carbocycles. The lowest BCUT2D eigenvalue weighted by molar-refractivity contribution is 0.178. The number of fused-ring (bicyclic) bond motifs is 1. The number of hydrogen-bond acceptors (Lipinski definition) is 3. The minimum absolute atomic E-state index is 0.157. The smallest absolute Gasteiger partial charge is 0.124 e. The summed E-state index contributed by atoms with van der Waals surface area (Å²) in [6, 6.07) is 8.18. The van der Waals surface area contributed by atoms with Crippen molar-refractivity contribution >= 4 is 11.0 Å². The summed E-state index contributed by atoms with van der Waals surface area (Å²) in [5, 5.41) is 9.30. The van der Waals surface area contributed by atoms with Crippen LogP contribution in [0.2, 0.25) is 0 Å². The van der Waals surface area contributed by atoms with Crippen molar-refractivity contribution in [2.24, 2.45) is 5.92 Å². The van der Waals surface area contributed by atoms with E-state index in [-0.39, 0.29) is 6.61 Å². The second-order valence-electron chi connectivity index (χ2n) is 5.85. The summed E-state index contributed by atoms with van der Waals surface area (Å²) in [6.45, 7) is 6.32. The molecular weight excluding hydrogens is 250 g/mol. The lowest BCUT2D eigenvalue weighted by Gasteiger charge is -2.29. The Kier molecular flexibility index (Phi) is 4.03. The first kappa shape index (κ1) is 13.6. The summed E-state index contributed by atoms with van der Waals surface area (Å²) in [7, 11) is 0. The van der Waals surface area contributed by atoms with Crippen LogP contribution < -0.4 is 0 Å². The zero-order valence-electron chi connectivity index (χ0n) is 12.1. The molecule has 0 aliphatic carbocycles. The number of para-hydroxylation sites is 2. The van der Waals surface area contributed by atoms with Crippen molar-refractivity contribution in [1.82, 2.24) is 14.5 Å². The Morgan fingerprint density at radius 1 is 1.25 bits per heavy atom. The standard InChI is InChI=1S/C16H23N3O/c1-13-6-8-18(9-7-13)12-16-17-14-4-2-3-5-15(14)19(16)10-11-20/h2-5,13,20H,6-12H2,1H3. The SMILES string of the molecule is CC1CCN(Cc2nc3ccccc3n2CCO)CC1. The first-order chi connectivity index (χ1) is 9.78. The van der Waals surface area contributed by atoms with Gasteiger partial charge in [0.2, 0.25) is 0 Å². The van der Waals surface area contributed by atoms with Crippen LogP contribution in [0.25, 0.3) is 11.0 Å². The topological polar surface area (TPSA) is 41.3 Å². The molecule has 1 aliphatic rings. The number of piperidine rings is 1. The summed E-state index contributed by atoms with van der Waals surface area (Å²) in [6.07, 6.45) is 2.56. The van der Waals surface area contributed by atoms with Crippen LogP contribution in [-0.2, 0) is 13.1 Å². The van der Waals surface area contributed by atoms with Crippen molar-refractivity contribution in [2.45, 2.75) is 32.9 Å². The zero-order valence-corrected chi connectivity index (χ0v) is 12.1. The van der Waals surface area contributed by atoms with E-state index in [1.165, 1.54) is 12.8 Å². The Hall–Kier alpha value is -1.39. The molecule has 1 aliphatic heterocycles. The molecule has 1 aromatic heterocycles. The molecule has 4 nitrogen and oxygen atoms in total. The van der Waals surface area contributed by atoms with E-state index in [0.29, 0.717) is 6.54 Å². The van der Waals surface area contributed by atoms with Crippen LogP contribution in [0.15, 0.2) is 24.3 Å². The van der Waals surface area contributed by atoms with Gasteiger partial charge in [0, 0.05) is 6.54 Å². The van der Waals surface area contributed by atoms with Gasteiger partial charge in [-0.15, -0.1) is 0 Å². The van der Waals surface area contributed by atoms with Gasteiger partial charge in [-0.25, -0.2) is 4.98 Å². The third kappa shape index (κ3) is 2.72. The van der Waals surface area contributed by atoms with Crippen LogP contribution in [0.3, 0.4) is 0 Å². The molecule has 2 heterocycles. The van der Waals surface area contributed by atoms with Crippen LogP contribution in [-0.4, -0.2) is 39.3 Å². The average molecular weight is 273 g/mol. The molecule has 0 amide bonds. The van der Waals surface area contributed by atoms with E-state index in [0.717, 1.165) is 42.4 Å². The molecule has 1 N–H and O–H groups in total. The van der Waals surface area contributed by atoms with Crippen LogP contribution in [0.1, 0.15) is 25.6 Å². The number of aliphatic hydroxyl groups is 1. The predicted octanol–water partition coefficient (Wildman–Crippen LogP) is 2.26. The Morgan fingerprint density at radius 3 is 2.75 bits per heavy atom. The van der Waals surface area contributed by atoms with Crippen LogP contribution in [0, 0.1) is 5.92 Å². The van der Waals surface area contributed by atoms with Crippen molar-refractivity contribution in [3.63, 3.8) is 0 Å². The number of hydrogen-bond donors (Lipinski definition) is 1. The second kappa shape index (κ2) is 5.94. The highest BCUT2D eigenvalue weighted by atomic mass is 16.3. The van der Waals surface area contributed by atoms with Gasteiger partial charge in [-0.05, 0) is 44.0 Å². The number of rotatable bonds is 4. The van der Waals surface area contributed by atoms with Crippen molar-refractivity contribution in [3.8, 4) is 0 Å². The van der Waals surface area contributed by atoms with Gasteiger partial charge in [0.1, 0.15) is 5.82 Å². The lowest BCUT2D eigenvalue weighted by Crippen LogP contribution is -2.33. The highest BCUT2D eigenvalue weighted by molar-refractivity contribution is 5.75. The van der Waals surface area contributed by atoms with Gasteiger partial charge in [0.05, 0.1) is 24.2 Å². The number of imidazole rings is 1. The van der Waals surface area contributed by atoms with E-state index in [1.807, 2.05) is 18.2 Å². The largest absolute Gasteiger partial charge is 0.395 e. The maximum Gasteiger partial charge on any atom is 0.124 e. The molecule has 0 radical (unpaired) electrons. The minimum Gasteiger partial charge on any atom is -0.395 e. The van der Waals surface area contributed by atoms with Gasteiger partial charge in [-0.3, -0.25) is 4.90 Å². The monoisotopic (exact) mass is 273 g/mol. The first-order valence-corrected chi connectivity index (χ1v) is 7.55. The van der Waals surface area contributed by atoms with E-state index < -0.39 is 0 Å². The van der Waals surface area contributed by atoms with Crippen LogP contribution in [0.4, 0.5) is 0 Å². The summed E-state index contributed by atoms with van der Waals surface area (Å²) in [5.74, 6) is 1.93. The normalized spacial score (nSPS) is 17.9. The lowest BCUT2D eigenvalue weighted by atomic mass is 9.99. The highest BCUT2D eigenvalue weighted by Gasteiger charge is 2.18. The van der Waals surface area contributed by atoms with E-state index in [9.17, 15) is 5.11 Å². The molecule has 2 aromatic rings. The molecule has 1 aromatic carbocycles. The zero-order chi connectivity index (χ0) is 13.9. The van der Waals surface area contributed by atoms with Gasteiger partial charge >= 0.3 is 0 Å². The third-order valence-electron chi connectivity index (χ3n) is 4.30. The van der Waals surface area contributed by atoms with Gasteiger partial charge in [-0.1, -0.05) is 19.1 Å². The van der Waals surface area contributed by atoms with Gasteiger partial charge in [-0.2, -0.15) is 0 Å². The molecule has 0 bridgehead atoms. The highest BCUT2D eigenvalue weighted by Crippen LogP contribution is 2.21. The molecule has 4 heteroatoms. The Bertz CT molecular complexity index is 570. The maximum absolute atomic E-state index is 9.30. The van der Waals surface area contributed by atoms with Gasteiger partial charge < -0.3 is 9.67 Å². The first-order valence-electron chi connectivity index (χ1n) is 7.55. The Labute approximate surface area is 120 Å². The van der Waals surface area contributed by atoms with E-state index in [4.69, 9.17) is 4.98 Å². The van der Waals surface area contributed by atoms with Gasteiger partial charge in [0.15, 0.2) is 0 Å². The maximum atomic E-state index is 9.30. The molecule has 20 heavy (non-hydrogen) atoms. The van der Waals surface area contributed by atoms with Crippen molar-refractivity contribution < 1.29 is 5.11 Å². The van der Waals surface area contributed by atoms with E-state index >= 15 is 0 Å². The molecule has 1 saturated heterocycles. The summed E-state index contributed by atoms with van der Waals surface area (Å²) < 4.78 is 2.16. The number of benzene rings is 1. The second-order valence-corrected chi connectivity index (χ2v) is 5.85.